The molecule has 0 aromatic heterocycles. The predicted molar refractivity (Wildman–Crippen MR) is 42.4 cm³/mol. The number of hydrogen-bond acceptors (Lipinski definition) is 2. The quantitative estimate of drug-likeness (QED) is 0.540. The van der Waals surface area contributed by atoms with E-state index < -0.39 is 0 Å². The van der Waals surface area contributed by atoms with Gasteiger partial charge in [-0.25, -0.2) is 0 Å². The normalized spacial score (nSPS) is 10.8. The lowest BCUT2D eigenvalue weighted by molar-refractivity contribution is -0.111. The van der Waals surface area contributed by atoms with Gasteiger partial charge in [0.1, 0.15) is 5.41 Å². The monoisotopic (exact) mass is 148 g/mol. The van der Waals surface area contributed by atoms with Gasteiger partial charge in [-0.05, 0) is 12.0 Å². The summed E-state index contributed by atoms with van der Waals surface area (Å²) in [6, 6.07) is 0. The van der Waals surface area contributed by atoms with E-state index in [1.54, 1.807) is 11.8 Å². The first-order valence-electron chi connectivity index (χ1n) is 2.82. The summed E-state index contributed by atoms with van der Waals surface area (Å²) < 4.78 is 0. The first-order chi connectivity index (χ1) is 3.81. The summed E-state index contributed by atoms with van der Waals surface area (Å²) in [5, 5.41) is 0.513. The third-order valence-electron chi connectivity index (χ3n) is 0.979. The Balaban J connectivity index is 2.99. The van der Waals surface area contributed by atoms with Crippen LogP contribution < -0.4 is 0 Å². The largest absolute Gasteiger partial charge is 0.306 e. The standard InChI is InChI=1S/C5H12OSSi/c1-7-4-3-5(6)8-2/h3-4,8H2,1-2H3. The van der Waals surface area contributed by atoms with Crippen LogP contribution in [0.2, 0.25) is 6.55 Å². The Hall–Kier alpha value is 0.237. The van der Waals surface area contributed by atoms with Crippen molar-refractivity contribution in [3.05, 3.63) is 0 Å². The molecular weight excluding hydrogens is 136 g/mol. The van der Waals surface area contributed by atoms with Gasteiger partial charge >= 0.3 is 0 Å². The van der Waals surface area contributed by atoms with E-state index >= 15 is 0 Å². The molecule has 3 heteroatoms. The number of thioether (sulfide) groups is 1. The van der Waals surface area contributed by atoms with Crippen LogP contribution in [0.5, 0.6) is 0 Å². The molecule has 0 aliphatic carbocycles. The molecule has 0 fully saturated rings. The highest BCUT2D eigenvalue weighted by atomic mass is 32.2. The average molecular weight is 148 g/mol. The number of carbonyl (C=O) groups is 1. The summed E-state index contributed by atoms with van der Waals surface area (Å²) in [4.78, 5) is 10.6. The SMILES string of the molecule is C[SiH2]C(=O)CCSC. The van der Waals surface area contributed by atoms with E-state index in [4.69, 9.17) is 0 Å². The fourth-order valence-corrected chi connectivity index (χ4v) is 1.61. The van der Waals surface area contributed by atoms with Gasteiger partial charge in [-0.15, -0.1) is 0 Å². The molecule has 0 bridgehead atoms. The molecule has 0 rings (SSSR count). The van der Waals surface area contributed by atoms with Crippen molar-refractivity contribution < 1.29 is 4.79 Å². The fraction of sp³-hybridized carbons (Fsp3) is 0.800. The van der Waals surface area contributed by atoms with Gasteiger partial charge in [0.15, 0.2) is 0 Å². The molecule has 0 aliphatic heterocycles. The number of hydrogen-bond donors (Lipinski definition) is 0. The van der Waals surface area contributed by atoms with Crippen LogP contribution in [0, 0.1) is 0 Å². The van der Waals surface area contributed by atoms with Crippen molar-refractivity contribution in [2.24, 2.45) is 0 Å². The Bertz CT molecular complexity index is 74.8. The van der Waals surface area contributed by atoms with Crippen LogP contribution in [-0.4, -0.2) is 26.9 Å². The van der Waals surface area contributed by atoms with Crippen molar-refractivity contribution in [2.75, 3.05) is 12.0 Å². The third kappa shape index (κ3) is 4.40. The van der Waals surface area contributed by atoms with E-state index in [1.165, 1.54) is 0 Å². The van der Waals surface area contributed by atoms with Gasteiger partial charge in [0, 0.05) is 6.42 Å². The molecule has 0 saturated heterocycles. The van der Waals surface area contributed by atoms with Crippen LogP contribution in [-0.2, 0) is 4.79 Å². The van der Waals surface area contributed by atoms with Crippen LogP contribution in [0.15, 0.2) is 0 Å². The Morgan fingerprint density at radius 2 is 2.38 bits per heavy atom. The summed E-state index contributed by atoms with van der Waals surface area (Å²) in [6.07, 6.45) is 2.84. The van der Waals surface area contributed by atoms with Gasteiger partial charge in [0.2, 0.25) is 0 Å². The lowest BCUT2D eigenvalue weighted by Gasteiger charge is -1.90. The molecule has 0 amide bonds. The summed E-state index contributed by atoms with van der Waals surface area (Å²) >= 11 is 1.75. The van der Waals surface area contributed by atoms with Crippen LogP contribution in [0.25, 0.3) is 0 Å². The van der Waals surface area contributed by atoms with Gasteiger partial charge in [-0.2, -0.15) is 11.8 Å². The van der Waals surface area contributed by atoms with Gasteiger partial charge in [0.25, 0.3) is 0 Å². The molecule has 48 valence electrons. The Kier molecular flexibility index (Phi) is 5.53. The maximum absolute atomic E-state index is 10.6. The highest BCUT2D eigenvalue weighted by molar-refractivity contribution is 7.98. The molecule has 1 nitrogen and oxygen atoms in total. The van der Waals surface area contributed by atoms with Crippen molar-refractivity contribution in [3.63, 3.8) is 0 Å². The molecule has 0 aliphatic rings. The third-order valence-corrected chi connectivity index (χ3v) is 2.73. The zero-order valence-corrected chi connectivity index (χ0v) is 7.67. The first kappa shape index (κ1) is 8.24. The van der Waals surface area contributed by atoms with E-state index in [9.17, 15) is 4.79 Å². The van der Waals surface area contributed by atoms with Crippen molar-refractivity contribution in [3.8, 4) is 0 Å². The first-order valence-corrected chi connectivity index (χ1v) is 6.33. The zero-order valence-electron chi connectivity index (χ0n) is 5.44. The zero-order chi connectivity index (χ0) is 6.41. The summed E-state index contributed by atoms with van der Waals surface area (Å²) in [6.45, 7) is 2.04. The van der Waals surface area contributed by atoms with E-state index in [-0.39, 0.29) is 9.52 Å². The summed E-state index contributed by atoms with van der Waals surface area (Å²) in [5.74, 6) is 1.01. The predicted octanol–water partition coefficient (Wildman–Crippen LogP) is 0.483. The summed E-state index contributed by atoms with van der Waals surface area (Å²) in [7, 11) is -0.334. The molecule has 0 N–H and O–H groups in total. The lowest BCUT2D eigenvalue weighted by atomic mass is 10.5. The molecule has 0 saturated carbocycles. The molecule has 0 unspecified atom stereocenters. The smallest absolute Gasteiger partial charge is 0.105 e. The second-order valence-corrected chi connectivity index (χ2v) is 4.12. The van der Waals surface area contributed by atoms with Crippen molar-refractivity contribution in [1.29, 1.82) is 0 Å². The Labute approximate surface area is 57.1 Å². The molecule has 0 atom stereocenters. The molecule has 0 heterocycles. The van der Waals surface area contributed by atoms with Crippen molar-refractivity contribution in [2.45, 2.75) is 13.0 Å². The Morgan fingerprint density at radius 1 is 1.75 bits per heavy atom. The van der Waals surface area contributed by atoms with Gasteiger partial charge in [-0.3, -0.25) is 0 Å². The number of rotatable bonds is 4. The molecule has 0 aromatic rings. The van der Waals surface area contributed by atoms with E-state index in [1.807, 2.05) is 12.8 Å². The van der Waals surface area contributed by atoms with Crippen molar-refractivity contribution >= 4 is 26.7 Å². The van der Waals surface area contributed by atoms with E-state index in [0.717, 1.165) is 12.2 Å². The topological polar surface area (TPSA) is 17.1 Å². The van der Waals surface area contributed by atoms with Gasteiger partial charge in [-0.1, -0.05) is 6.55 Å². The van der Waals surface area contributed by atoms with Crippen LogP contribution in [0.1, 0.15) is 6.42 Å². The van der Waals surface area contributed by atoms with Gasteiger partial charge < -0.3 is 4.79 Å². The molecular formula is C5H12OSSi. The fourth-order valence-electron chi connectivity index (χ4n) is 0.393. The molecule has 0 aromatic carbocycles. The number of carbonyl (C=O) groups excluding carboxylic acids is 1. The minimum absolute atomic E-state index is 0.334. The average Bonchev–Trinajstić information content (AvgIpc) is 1.83. The van der Waals surface area contributed by atoms with E-state index in [2.05, 4.69) is 0 Å². The Morgan fingerprint density at radius 3 is 2.75 bits per heavy atom. The van der Waals surface area contributed by atoms with Crippen molar-refractivity contribution in [1.82, 2.24) is 0 Å². The van der Waals surface area contributed by atoms with Crippen LogP contribution >= 0.6 is 11.8 Å². The molecule has 0 radical (unpaired) electrons. The second-order valence-electron chi connectivity index (χ2n) is 1.64. The lowest BCUT2D eigenvalue weighted by Crippen LogP contribution is -2.04. The van der Waals surface area contributed by atoms with Crippen LogP contribution in [0.4, 0.5) is 0 Å². The minimum atomic E-state index is -0.334. The summed E-state index contributed by atoms with van der Waals surface area (Å²) in [5.41, 5.74) is 0. The van der Waals surface area contributed by atoms with Gasteiger partial charge in [0.05, 0.1) is 9.52 Å². The minimum Gasteiger partial charge on any atom is -0.306 e. The maximum atomic E-state index is 10.6. The maximum Gasteiger partial charge on any atom is 0.105 e. The molecule has 0 spiro atoms. The molecule has 8 heavy (non-hydrogen) atoms. The highest BCUT2D eigenvalue weighted by Crippen LogP contribution is 1.94. The highest BCUT2D eigenvalue weighted by Gasteiger charge is 1.94. The van der Waals surface area contributed by atoms with Crippen LogP contribution in [0.3, 0.4) is 0 Å². The van der Waals surface area contributed by atoms with E-state index in [0.29, 0.717) is 5.41 Å². The second kappa shape index (κ2) is 5.38.